The third-order valence-corrected chi connectivity index (χ3v) is 11.8. The minimum atomic E-state index is -2.87. The molecule has 2 aliphatic rings. The average molecular weight is 576 g/mol. The quantitative estimate of drug-likeness (QED) is 0.147. The number of nitriles is 1. The lowest BCUT2D eigenvalue weighted by Crippen LogP contribution is -2.30. The third-order valence-electron chi connectivity index (χ3n) is 8.05. The summed E-state index contributed by atoms with van der Waals surface area (Å²) in [7, 11) is -0.778. The van der Waals surface area contributed by atoms with E-state index in [1.807, 2.05) is 36.0 Å². The second-order valence-corrected chi connectivity index (χ2v) is 13.8. The van der Waals surface area contributed by atoms with Gasteiger partial charge in [-0.05, 0) is 30.7 Å². The second-order valence-electron chi connectivity index (χ2n) is 10.9. The van der Waals surface area contributed by atoms with E-state index in [-0.39, 0.29) is 11.1 Å². The van der Waals surface area contributed by atoms with Gasteiger partial charge in [0.05, 0.1) is 47.7 Å². The van der Waals surface area contributed by atoms with E-state index >= 15 is 0 Å². The summed E-state index contributed by atoms with van der Waals surface area (Å²) < 4.78 is 7.41. The van der Waals surface area contributed by atoms with Gasteiger partial charge in [-0.1, -0.05) is 62.4 Å². The third kappa shape index (κ3) is 4.10. The Bertz CT molecular complexity index is 1880. The molecule has 2 aliphatic heterocycles. The van der Waals surface area contributed by atoms with Crippen LogP contribution in [0.2, 0.25) is 0 Å². The molecule has 1 aromatic heterocycles. The number of likely N-dealkylation sites (N-methyl/N-ethyl adjacent to an activating group) is 1. The number of nitro benzene ring substituents is 1. The van der Waals surface area contributed by atoms with E-state index < -0.39 is 12.0 Å². The summed E-state index contributed by atoms with van der Waals surface area (Å²) in [5.74, 6) is 0.700. The zero-order valence-corrected chi connectivity index (χ0v) is 24.8. The molecule has 10 heteroatoms. The molecule has 4 aromatic rings. The number of nitrogens with zero attached hydrogens (tertiary/aromatic N) is 7. The number of anilines is 1. The fourth-order valence-electron chi connectivity index (χ4n) is 6.26. The highest BCUT2D eigenvalue weighted by Crippen LogP contribution is 2.64. The van der Waals surface area contributed by atoms with Crippen molar-refractivity contribution in [3.63, 3.8) is 0 Å². The lowest BCUT2D eigenvalue weighted by atomic mass is 9.84. The van der Waals surface area contributed by atoms with Gasteiger partial charge in [-0.15, -0.1) is 0 Å². The number of allylic oxidation sites excluding steroid dienone is 2. The number of nitro groups is 1. The van der Waals surface area contributed by atoms with Crippen LogP contribution in [0.4, 0.5) is 22.9 Å². The molecule has 0 bridgehead atoms. The van der Waals surface area contributed by atoms with E-state index in [1.165, 1.54) is 17.7 Å². The first kappa shape index (κ1) is 27.4. The average Bonchev–Trinajstić information content (AvgIpc) is 3.42. The van der Waals surface area contributed by atoms with Gasteiger partial charge in [-0.25, -0.2) is 9.67 Å². The molecule has 1 atom stereocenters. The highest BCUT2D eigenvalue weighted by atomic mass is 31.2. The Labute approximate surface area is 244 Å². The normalized spacial score (nSPS) is 20.1. The maximum atomic E-state index is 11.4. The number of aliphatic imine (C=N–C) groups is 1. The van der Waals surface area contributed by atoms with Gasteiger partial charge in [0.25, 0.3) is 5.69 Å². The lowest BCUT2D eigenvalue weighted by Gasteiger charge is -2.35. The molecule has 0 radical (unpaired) electrons. The van der Waals surface area contributed by atoms with Crippen LogP contribution in [0.25, 0.3) is 0 Å². The molecular formula is C32H30N7O2P. The molecule has 0 amide bonds. The Morgan fingerprint density at radius 1 is 1.05 bits per heavy atom. The smallest absolute Gasteiger partial charge is 0.269 e. The first-order valence-corrected chi connectivity index (χ1v) is 15.4. The van der Waals surface area contributed by atoms with Crippen LogP contribution in [0, 0.1) is 28.4 Å². The molecule has 0 unspecified atom stereocenters. The summed E-state index contributed by atoms with van der Waals surface area (Å²) in [6, 6.07) is 27.3. The number of aromatic nitrogens is 2. The molecule has 0 N–H and O–H groups in total. The van der Waals surface area contributed by atoms with Gasteiger partial charge >= 0.3 is 0 Å². The Morgan fingerprint density at radius 2 is 1.74 bits per heavy atom. The van der Waals surface area contributed by atoms with Gasteiger partial charge in [0.15, 0.2) is 5.82 Å². The van der Waals surface area contributed by atoms with Crippen molar-refractivity contribution in [2.75, 3.05) is 11.9 Å². The molecule has 0 saturated carbocycles. The molecule has 210 valence electrons. The first-order chi connectivity index (χ1) is 20.2. The van der Waals surface area contributed by atoms with Crippen LogP contribution < -0.4 is 15.5 Å². The van der Waals surface area contributed by atoms with E-state index in [1.54, 1.807) is 12.1 Å². The molecule has 42 heavy (non-hydrogen) atoms. The SMILES string of the molecule is Cc1nn(CCC#N)c2c1[P@@](=Nc1ccc([N+](=O)[O-])cc1)(c1ccccc1)/C(=C1/N(C)c3ccccc3C1(C)C)C=N2. The summed E-state index contributed by atoms with van der Waals surface area (Å²) >= 11 is 0. The molecular weight excluding hydrogens is 545 g/mol. The van der Waals surface area contributed by atoms with Crippen LogP contribution in [0.3, 0.4) is 0 Å². The van der Waals surface area contributed by atoms with Crippen LogP contribution in [0.5, 0.6) is 0 Å². The second kappa shape index (κ2) is 10.2. The molecule has 0 fully saturated rings. The molecule has 6 rings (SSSR count). The fraction of sp³-hybridized carbons (Fsp3) is 0.219. The van der Waals surface area contributed by atoms with Gasteiger partial charge in [0, 0.05) is 52.8 Å². The number of aryl methyl sites for hydroxylation is 2. The number of benzene rings is 3. The van der Waals surface area contributed by atoms with Crippen molar-refractivity contribution >= 4 is 46.8 Å². The van der Waals surface area contributed by atoms with Crippen LogP contribution in [-0.2, 0) is 12.0 Å². The maximum Gasteiger partial charge on any atom is 0.269 e. The topological polar surface area (TPSA) is 113 Å². The Hall–Kier alpha value is -4.80. The van der Waals surface area contributed by atoms with E-state index in [4.69, 9.17) is 14.8 Å². The van der Waals surface area contributed by atoms with E-state index in [0.29, 0.717) is 24.5 Å². The van der Waals surface area contributed by atoms with Crippen LogP contribution in [0.15, 0.2) is 99.6 Å². The van der Waals surface area contributed by atoms with Crippen molar-refractivity contribution in [1.82, 2.24) is 9.78 Å². The van der Waals surface area contributed by atoms with Crippen molar-refractivity contribution in [2.24, 2.45) is 9.74 Å². The standard InChI is InChI=1S/C32H30N7O2P/c1-22-29-31(38(35-22)20-10-19-33)34-21-28(30-32(2,3)26-13-8-9-14-27(26)37(30)4)42(29,25-11-6-5-7-12-25)36-23-15-17-24(18-16-23)39(40)41/h5-9,11-18,21H,10,20H2,1-4H3/b30-28+/t42-/m1/s1. The number of hydrogen-bond acceptors (Lipinski definition) is 7. The van der Waals surface area contributed by atoms with Crippen LogP contribution in [0.1, 0.15) is 31.5 Å². The number of non-ortho nitro benzene ring substituents is 1. The minimum absolute atomic E-state index is 0.0122. The summed E-state index contributed by atoms with van der Waals surface area (Å²) in [4.78, 5) is 18.3. The summed E-state index contributed by atoms with van der Waals surface area (Å²) in [6.45, 7) is 6.86. The zero-order valence-electron chi connectivity index (χ0n) is 23.9. The van der Waals surface area contributed by atoms with Crippen molar-refractivity contribution < 1.29 is 4.92 Å². The number of hydrogen-bond donors (Lipinski definition) is 0. The van der Waals surface area contributed by atoms with Gasteiger partial charge in [0.1, 0.15) is 0 Å². The van der Waals surface area contributed by atoms with Crippen LogP contribution >= 0.6 is 7.05 Å². The van der Waals surface area contributed by atoms with Crippen molar-refractivity contribution in [2.45, 2.75) is 39.2 Å². The maximum absolute atomic E-state index is 11.4. The van der Waals surface area contributed by atoms with E-state index in [9.17, 15) is 15.4 Å². The minimum Gasteiger partial charge on any atom is -0.346 e. The summed E-state index contributed by atoms with van der Waals surface area (Å²) in [6.07, 6.45) is 2.25. The van der Waals surface area contributed by atoms with Crippen molar-refractivity contribution in [3.8, 4) is 6.07 Å². The van der Waals surface area contributed by atoms with Gasteiger partial charge < -0.3 is 4.90 Å². The lowest BCUT2D eigenvalue weighted by molar-refractivity contribution is -0.384. The van der Waals surface area contributed by atoms with E-state index in [0.717, 1.165) is 33.0 Å². The highest BCUT2D eigenvalue weighted by Gasteiger charge is 2.47. The Kier molecular flexibility index (Phi) is 6.67. The molecule has 3 heterocycles. The molecule has 0 saturated heterocycles. The van der Waals surface area contributed by atoms with Gasteiger partial charge in [-0.2, -0.15) is 10.4 Å². The largest absolute Gasteiger partial charge is 0.346 e. The Morgan fingerprint density at radius 3 is 2.40 bits per heavy atom. The monoisotopic (exact) mass is 575 g/mol. The predicted octanol–water partition coefficient (Wildman–Crippen LogP) is 6.85. The number of para-hydroxylation sites is 1. The fourth-order valence-corrected chi connectivity index (χ4v) is 10.4. The Balaban J connectivity index is 1.77. The summed E-state index contributed by atoms with van der Waals surface area (Å²) in [5, 5.41) is 28.6. The van der Waals surface area contributed by atoms with Crippen molar-refractivity contribution in [1.29, 1.82) is 5.26 Å². The van der Waals surface area contributed by atoms with Crippen LogP contribution in [-0.4, -0.2) is 28.0 Å². The number of rotatable bonds is 5. The van der Waals surface area contributed by atoms with E-state index in [2.05, 4.69) is 68.3 Å². The highest BCUT2D eigenvalue weighted by molar-refractivity contribution is 7.86. The molecule has 0 spiro atoms. The van der Waals surface area contributed by atoms with Crippen molar-refractivity contribution in [3.05, 3.63) is 111 Å². The zero-order chi connectivity index (χ0) is 29.6. The molecule has 3 aromatic carbocycles. The first-order valence-electron chi connectivity index (χ1n) is 13.7. The van der Waals surface area contributed by atoms with Gasteiger partial charge in [-0.3, -0.25) is 14.9 Å². The predicted molar refractivity (Wildman–Crippen MR) is 168 cm³/mol. The summed E-state index contributed by atoms with van der Waals surface area (Å²) in [5.41, 5.74) is 4.54. The molecule has 9 nitrogen and oxygen atoms in total. The number of fused-ring (bicyclic) bond motifs is 2. The molecule has 0 aliphatic carbocycles. The van der Waals surface area contributed by atoms with Gasteiger partial charge in [0.2, 0.25) is 0 Å².